The van der Waals surface area contributed by atoms with Gasteiger partial charge in [-0.1, -0.05) is 18.2 Å². The molecule has 2 heterocycles. The zero-order valence-corrected chi connectivity index (χ0v) is 17.6. The summed E-state index contributed by atoms with van der Waals surface area (Å²) in [6.07, 6.45) is 4.02. The molecule has 1 aliphatic rings. The van der Waals surface area contributed by atoms with Crippen LogP contribution in [0.5, 0.6) is 5.75 Å². The minimum absolute atomic E-state index is 0.177. The minimum atomic E-state index is -0.518. The maximum Gasteiger partial charge on any atom is 0.296 e. The SMILES string of the molecule is COc1ccc(NC(=O)[C@H](C)N2CCC(c3c[nH]c4ccccc34)CC2)c([N+](=O)[O-])c1. The number of aromatic nitrogens is 1. The van der Waals surface area contributed by atoms with Gasteiger partial charge in [0, 0.05) is 17.1 Å². The average molecular weight is 422 g/mol. The van der Waals surface area contributed by atoms with Crippen LogP contribution in [0.2, 0.25) is 0 Å². The summed E-state index contributed by atoms with van der Waals surface area (Å²) in [6.45, 7) is 3.43. The van der Waals surface area contributed by atoms with Gasteiger partial charge in [0.25, 0.3) is 5.69 Å². The number of aromatic amines is 1. The standard InChI is InChI=1S/C23H26N4O4/c1-15(23(28)25-21-8-7-17(31-2)13-22(21)27(29)30)26-11-9-16(10-12-26)19-14-24-20-6-4-3-5-18(19)20/h3-8,13-16,24H,9-12H2,1-2H3,(H,25,28)/t15-/m0/s1. The Kier molecular flexibility index (Phi) is 5.90. The fourth-order valence-corrected chi connectivity index (χ4v) is 4.33. The molecule has 31 heavy (non-hydrogen) atoms. The summed E-state index contributed by atoms with van der Waals surface area (Å²) in [4.78, 5) is 29.1. The lowest BCUT2D eigenvalue weighted by Crippen LogP contribution is -2.45. The molecule has 1 atom stereocenters. The first-order valence-corrected chi connectivity index (χ1v) is 10.4. The van der Waals surface area contributed by atoms with E-state index in [-0.39, 0.29) is 23.3 Å². The molecule has 1 amide bonds. The maximum absolute atomic E-state index is 12.8. The molecule has 0 aliphatic carbocycles. The number of anilines is 1. The molecule has 0 spiro atoms. The molecule has 8 heteroatoms. The van der Waals surface area contributed by atoms with Crippen molar-refractivity contribution in [3.8, 4) is 5.75 Å². The summed E-state index contributed by atoms with van der Waals surface area (Å²) in [6, 6.07) is 12.3. The Morgan fingerprint density at radius 3 is 2.71 bits per heavy atom. The highest BCUT2D eigenvalue weighted by Gasteiger charge is 2.29. The third-order valence-electron chi connectivity index (χ3n) is 6.18. The number of piperidine rings is 1. The van der Waals surface area contributed by atoms with Crippen molar-refractivity contribution in [1.29, 1.82) is 0 Å². The fraction of sp³-hybridized carbons (Fsp3) is 0.348. The van der Waals surface area contributed by atoms with Crippen molar-refractivity contribution in [3.63, 3.8) is 0 Å². The first-order valence-electron chi connectivity index (χ1n) is 10.4. The van der Waals surface area contributed by atoms with Crippen LogP contribution in [0.1, 0.15) is 31.2 Å². The van der Waals surface area contributed by atoms with Crippen molar-refractivity contribution < 1.29 is 14.5 Å². The van der Waals surface area contributed by atoms with Crippen molar-refractivity contribution in [2.75, 3.05) is 25.5 Å². The molecule has 1 aromatic heterocycles. The van der Waals surface area contributed by atoms with Crippen LogP contribution in [0.3, 0.4) is 0 Å². The van der Waals surface area contributed by atoms with Gasteiger partial charge < -0.3 is 15.0 Å². The summed E-state index contributed by atoms with van der Waals surface area (Å²) in [7, 11) is 1.44. The average Bonchev–Trinajstić information content (AvgIpc) is 3.23. The lowest BCUT2D eigenvalue weighted by molar-refractivity contribution is -0.384. The van der Waals surface area contributed by atoms with E-state index in [0.717, 1.165) is 31.4 Å². The predicted octanol–water partition coefficient (Wildman–Crippen LogP) is 4.29. The number of hydrogen-bond donors (Lipinski definition) is 2. The normalized spacial score (nSPS) is 16.2. The highest BCUT2D eigenvalue weighted by molar-refractivity contribution is 5.96. The number of nitro benzene ring substituents is 1. The van der Waals surface area contributed by atoms with Crippen molar-refractivity contribution >= 4 is 28.2 Å². The van der Waals surface area contributed by atoms with E-state index in [2.05, 4.69) is 39.6 Å². The van der Waals surface area contributed by atoms with Gasteiger partial charge >= 0.3 is 0 Å². The van der Waals surface area contributed by atoms with E-state index in [9.17, 15) is 14.9 Å². The van der Waals surface area contributed by atoms with E-state index >= 15 is 0 Å². The number of hydrogen-bond acceptors (Lipinski definition) is 5. The van der Waals surface area contributed by atoms with Crippen LogP contribution in [0.25, 0.3) is 10.9 Å². The number of carbonyl (C=O) groups is 1. The Morgan fingerprint density at radius 1 is 1.26 bits per heavy atom. The van der Waals surface area contributed by atoms with Crippen molar-refractivity contribution in [1.82, 2.24) is 9.88 Å². The van der Waals surface area contributed by atoms with Crippen LogP contribution in [0.4, 0.5) is 11.4 Å². The van der Waals surface area contributed by atoms with Gasteiger partial charge in [-0.05, 0) is 62.5 Å². The highest BCUT2D eigenvalue weighted by Crippen LogP contribution is 2.34. The molecule has 1 aliphatic heterocycles. The minimum Gasteiger partial charge on any atom is -0.496 e. The van der Waals surface area contributed by atoms with E-state index in [1.165, 1.54) is 30.2 Å². The summed E-state index contributed by atoms with van der Waals surface area (Å²) in [5.41, 5.74) is 2.48. The highest BCUT2D eigenvalue weighted by atomic mass is 16.6. The molecule has 1 saturated heterocycles. The number of likely N-dealkylation sites (tertiary alicyclic amines) is 1. The number of H-pyrrole nitrogens is 1. The van der Waals surface area contributed by atoms with E-state index in [0.29, 0.717) is 11.7 Å². The van der Waals surface area contributed by atoms with Gasteiger partial charge in [0.05, 0.1) is 24.1 Å². The number of amides is 1. The molecular weight excluding hydrogens is 396 g/mol. The van der Waals surface area contributed by atoms with E-state index < -0.39 is 4.92 Å². The second-order valence-corrected chi connectivity index (χ2v) is 7.91. The Bertz CT molecular complexity index is 1100. The molecule has 1 fully saturated rings. The molecule has 162 valence electrons. The number of carbonyl (C=O) groups excluding carboxylic acids is 1. The maximum atomic E-state index is 12.8. The molecule has 2 N–H and O–H groups in total. The van der Waals surface area contributed by atoms with Gasteiger partial charge in [-0.3, -0.25) is 19.8 Å². The Balaban J connectivity index is 1.40. The zero-order valence-electron chi connectivity index (χ0n) is 17.6. The molecule has 3 aromatic rings. The molecular formula is C23H26N4O4. The summed E-state index contributed by atoms with van der Waals surface area (Å²) < 4.78 is 5.05. The quantitative estimate of drug-likeness (QED) is 0.456. The second-order valence-electron chi connectivity index (χ2n) is 7.91. The number of para-hydroxylation sites is 1. The monoisotopic (exact) mass is 422 g/mol. The number of benzene rings is 2. The van der Waals surface area contributed by atoms with Crippen LogP contribution < -0.4 is 10.1 Å². The van der Waals surface area contributed by atoms with Gasteiger partial charge in [-0.25, -0.2) is 0 Å². The predicted molar refractivity (Wildman–Crippen MR) is 120 cm³/mol. The van der Waals surface area contributed by atoms with E-state index in [1.54, 1.807) is 6.07 Å². The van der Waals surface area contributed by atoms with Crippen molar-refractivity contribution in [2.24, 2.45) is 0 Å². The third kappa shape index (κ3) is 4.25. The van der Waals surface area contributed by atoms with Gasteiger partial charge in [0.2, 0.25) is 5.91 Å². The largest absolute Gasteiger partial charge is 0.496 e. The first kappa shape index (κ1) is 20.9. The molecule has 0 saturated carbocycles. The number of fused-ring (bicyclic) bond motifs is 1. The molecule has 0 radical (unpaired) electrons. The van der Waals surface area contributed by atoms with Crippen LogP contribution >= 0.6 is 0 Å². The van der Waals surface area contributed by atoms with Gasteiger partial charge in [0.1, 0.15) is 11.4 Å². The van der Waals surface area contributed by atoms with E-state index in [4.69, 9.17) is 4.74 Å². The Hall–Kier alpha value is -3.39. The van der Waals surface area contributed by atoms with Crippen LogP contribution in [-0.4, -0.2) is 47.0 Å². The summed E-state index contributed by atoms with van der Waals surface area (Å²) >= 11 is 0. The molecule has 0 unspecified atom stereocenters. The smallest absolute Gasteiger partial charge is 0.296 e. The molecule has 2 aromatic carbocycles. The Morgan fingerprint density at radius 2 is 2.00 bits per heavy atom. The third-order valence-corrected chi connectivity index (χ3v) is 6.18. The Labute approximate surface area is 180 Å². The number of nitro groups is 1. The van der Waals surface area contributed by atoms with Gasteiger partial charge in [0.15, 0.2) is 0 Å². The van der Waals surface area contributed by atoms with Crippen molar-refractivity contribution in [2.45, 2.75) is 31.7 Å². The van der Waals surface area contributed by atoms with Crippen LogP contribution in [0, 0.1) is 10.1 Å². The summed E-state index contributed by atoms with van der Waals surface area (Å²) in [5, 5.41) is 15.4. The number of methoxy groups -OCH3 is 1. The number of rotatable bonds is 6. The second kappa shape index (κ2) is 8.77. The fourth-order valence-electron chi connectivity index (χ4n) is 4.33. The summed E-state index contributed by atoms with van der Waals surface area (Å²) in [5.74, 6) is 0.571. The van der Waals surface area contributed by atoms with Crippen molar-refractivity contribution in [3.05, 3.63) is 64.3 Å². The number of ether oxygens (including phenoxy) is 1. The van der Waals surface area contributed by atoms with Crippen LogP contribution in [-0.2, 0) is 4.79 Å². The molecule has 4 rings (SSSR count). The van der Waals surface area contributed by atoms with E-state index in [1.807, 2.05) is 13.0 Å². The first-order chi connectivity index (χ1) is 15.0. The van der Waals surface area contributed by atoms with Crippen LogP contribution in [0.15, 0.2) is 48.7 Å². The van der Waals surface area contributed by atoms with Gasteiger partial charge in [-0.2, -0.15) is 0 Å². The lowest BCUT2D eigenvalue weighted by Gasteiger charge is -2.35. The zero-order chi connectivity index (χ0) is 22.0. The molecule has 8 nitrogen and oxygen atoms in total. The number of nitrogens with one attached hydrogen (secondary N) is 2. The van der Waals surface area contributed by atoms with Gasteiger partial charge in [-0.15, -0.1) is 0 Å². The topological polar surface area (TPSA) is 100 Å². The number of nitrogens with zero attached hydrogens (tertiary/aromatic N) is 2. The molecule has 0 bridgehead atoms. The lowest BCUT2D eigenvalue weighted by atomic mass is 9.88.